The lowest BCUT2D eigenvalue weighted by Gasteiger charge is -2.03. The monoisotopic (exact) mass is 160 g/mol. The lowest BCUT2D eigenvalue weighted by molar-refractivity contribution is 0.693. The van der Waals surface area contributed by atoms with Gasteiger partial charge in [-0.3, -0.25) is 0 Å². The van der Waals surface area contributed by atoms with Crippen molar-refractivity contribution in [2.75, 3.05) is 6.26 Å². The third-order valence-electron chi connectivity index (χ3n) is 1.77. The molecule has 0 nitrogen and oxygen atoms in total. The van der Waals surface area contributed by atoms with Crippen molar-refractivity contribution in [3.05, 3.63) is 9.81 Å². The first kappa shape index (κ1) is 7.55. The lowest BCUT2D eigenvalue weighted by Crippen LogP contribution is -1.86. The van der Waals surface area contributed by atoms with E-state index in [1.54, 1.807) is 0 Å². The van der Waals surface area contributed by atoms with Crippen LogP contribution in [0.25, 0.3) is 0 Å². The summed E-state index contributed by atoms with van der Waals surface area (Å²) >= 11 is 6.24. The van der Waals surface area contributed by atoms with Gasteiger partial charge in [0, 0.05) is 0 Å². The van der Waals surface area contributed by atoms with E-state index in [9.17, 15) is 0 Å². The SMILES string of the molecule is CSC1=C(S)CCC1C. The number of hydrogen-bond donors (Lipinski definition) is 1. The van der Waals surface area contributed by atoms with Gasteiger partial charge < -0.3 is 0 Å². The van der Waals surface area contributed by atoms with Crippen LogP contribution in [-0.4, -0.2) is 6.26 Å². The average Bonchev–Trinajstić information content (AvgIpc) is 2.12. The van der Waals surface area contributed by atoms with E-state index < -0.39 is 0 Å². The van der Waals surface area contributed by atoms with Crippen LogP contribution in [0.2, 0.25) is 0 Å². The summed E-state index contributed by atoms with van der Waals surface area (Å²) in [6.07, 6.45) is 4.63. The Morgan fingerprint density at radius 1 is 1.67 bits per heavy atom. The molecule has 2 heteroatoms. The molecule has 9 heavy (non-hydrogen) atoms. The molecule has 0 saturated carbocycles. The molecular weight excluding hydrogens is 148 g/mol. The molecule has 0 aromatic heterocycles. The van der Waals surface area contributed by atoms with Crippen molar-refractivity contribution in [2.45, 2.75) is 19.8 Å². The minimum Gasteiger partial charge on any atom is -0.147 e. The van der Waals surface area contributed by atoms with Gasteiger partial charge in [-0.25, -0.2) is 0 Å². The third-order valence-corrected chi connectivity index (χ3v) is 3.47. The Morgan fingerprint density at radius 3 is 2.56 bits per heavy atom. The molecular formula is C7H12S2. The molecule has 0 N–H and O–H groups in total. The highest BCUT2D eigenvalue weighted by Crippen LogP contribution is 2.39. The summed E-state index contributed by atoms with van der Waals surface area (Å²) in [6, 6.07) is 0. The zero-order chi connectivity index (χ0) is 6.85. The van der Waals surface area contributed by atoms with Crippen LogP contribution < -0.4 is 0 Å². The van der Waals surface area contributed by atoms with Crippen molar-refractivity contribution < 1.29 is 0 Å². The molecule has 0 aliphatic heterocycles. The van der Waals surface area contributed by atoms with Crippen molar-refractivity contribution in [3.8, 4) is 0 Å². The third kappa shape index (κ3) is 1.47. The standard InChI is InChI=1S/C7H12S2/c1-5-3-4-6(8)7(5)9-2/h5,8H,3-4H2,1-2H3. The predicted molar refractivity (Wildman–Crippen MR) is 47.9 cm³/mol. The maximum absolute atomic E-state index is 4.39. The van der Waals surface area contributed by atoms with Crippen molar-refractivity contribution in [1.82, 2.24) is 0 Å². The second kappa shape index (κ2) is 3.02. The number of hydrogen-bond acceptors (Lipinski definition) is 2. The van der Waals surface area contributed by atoms with Crippen LogP contribution in [0.5, 0.6) is 0 Å². The first-order valence-electron chi connectivity index (χ1n) is 3.21. The van der Waals surface area contributed by atoms with Gasteiger partial charge in [-0.05, 0) is 34.8 Å². The summed E-state index contributed by atoms with van der Waals surface area (Å²) in [4.78, 5) is 2.81. The van der Waals surface area contributed by atoms with E-state index in [0.717, 1.165) is 5.92 Å². The highest BCUT2D eigenvalue weighted by atomic mass is 32.2. The van der Waals surface area contributed by atoms with E-state index >= 15 is 0 Å². The van der Waals surface area contributed by atoms with E-state index in [1.807, 2.05) is 11.8 Å². The van der Waals surface area contributed by atoms with Crippen molar-refractivity contribution in [1.29, 1.82) is 0 Å². The van der Waals surface area contributed by atoms with E-state index in [4.69, 9.17) is 0 Å². The molecule has 0 aromatic rings. The maximum atomic E-state index is 4.39. The van der Waals surface area contributed by atoms with Gasteiger partial charge in [0.05, 0.1) is 0 Å². The predicted octanol–water partition coefficient (Wildman–Crippen LogP) is 2.92. The Balaban J connectivity index is 2.69. The molecule has 0 radical (unpaired) electrons. The second-order valence-corrected chi connectivity index (χ2v) is 3.84. The van der Waals surface area contributed by atoms with Gasteiger partial charge in [0.15, 0.2) is 0 Å². The molecule has 0 bridgehead atoms. The summed E-state index contributed by atoms with van der Waals surface area (Å²) in [5.41, 5.74) is 0. The van der Waals surface area contributed by atoms with Crippen molar-refractivity contribution >= 4 is 24.4 Å². The molecule has 1 aliphatic rings. The Hall–Kier alpha value is 0.440. The van der Waals surface area contributed by atoms with Gasteiger partial charge in [-0.1, -0.05) is 6.92 Å². The quantitative estimate of drug-likeness (QED) is 0.575. The van der Waals surface area contributed by atoms with E-state index in [-0.39, 0.29) is 0 Å². The van der Waals surface area contributed by atoms with Crippen LogP contribution in [0.15, 0.2) is 9.81 Å². The van der Waals surface area contributed by atoms with Crippen LogP contribution in [0.1, 0.15) is 19.8 Å². The molecule has 0 aromatic carbocycles. The zero-order valence-electron chi connectivity index (χ0n) is 5.85. The molecule has 1 rings (SSSR count). The molecule has 0 saturated heterocycles. The van der Waals surface area contributed by atoms with Crippen LogP contribution in [0.3, 0.4) is 0 Å². The average molecular weight is 160 g/mol. The molecule has 0 fully saturated rings. The number of thiol groups is 1. The summed E-state index contributed by atoms with van der Waals surface area (Å²) in [7, 11) is 0. The minimum absolute atomic E-state index is 0.771. The Labute approximate surface area is 66.5 Å². The highest BCUT2D eigenvalue weighted by Gasteiger charge is 2.18. The summed E-state index contributed by atoms with van der Waals surface area (Å²) in [5.74, 6) is 0.771. The van der Waals surface area contributed by atoms with Gasteiger partial charge in [0.2, 0.25) is 0 Å². The fraction of sp³-hybridized carbons (Fsp3) is 0.714. The largest absolute Gasteiger partial charge is 0.147 e. The first-order valence-corrected chi connectivity index (χ1v) is 4.89. The van der Waals surface area contributed by atoms with Crippen molar-refractivity contribution in [3.63, 3.8) is 0 Å². The van der Waals surface area contributed by atoms with Gasteiger partial charge in [-0.15, -0.1) is 24.4 Å². The number of rotatable bonds is 1. The lowest BCUT2D eigenvalue weighted by atomic mass is 10.2. The normalized spacial score (nSPS) is 27.7. The Bertz CT molecular complexity index is 138. The first-order chi connectivity index (χ1) is 4.25. The van der Waals surface area contributed by atoms with Gasteiger partial charge in [0.1, 0.15) is 0 Å². The zero-order valence-corrected chi connectivity index (χ0v) is 7.56. The van der Waals surface area contributed by atoms with E-state index in [0.29, 0.717) is 0 Å². The van der Waals surface area contributed by atoms with Crippen LogP contribution in [-0.2, 0) is 0 Å². The van der Waals surface area contributed by atoms with Crippen LogP contribution >= 0.6 is 24.4 Å². The fourth-order valence-electron chi connectivity index (χ4n) is 1.21. The van der Waals surface area contributed by atoms with Gasteiger partial charge >= 0.3 is 0 Å². The topological polar surface area (TPSA) is 0 Å². The molecule has 1 aliphatic carbocycles. The molecule has 0 spiro atoms. The highest BCUT2D eigenvalue weighted by molar-refractivity contribution is 8.03. The number of allylic oxidation sites excluding steroid dienone is 2. The second-order valence-electron chi connectivity index (χ2n) is 2.45. The Morgan fingerprint density at radius 2 is 2.33 bits per heavy atom. The smallest absolute Gasteiger partial charge is 0.00342 e. The molecule has 1 unspecified atom stereocenters. The fourth-order valence-corrected chi connectivity index (χ4v) is 2.69. The minimum atomic E-state index is 0.771. The van der Waals surface area contributed by atoms with Gasteiger partial charge in [0.25, 0.3) is 0 Å². The summed E-state index contributed by atoms with van der Waals surface area (Å²) in [5, 5.41) is 0. The van der Waals surface area contributed by atoms with E-state index in [2.05, 4.69) is 25.8 Å². The molecule has 52 valence electrons. The van der Waals surface area contributed by atoms with Crippen LogP contribution in [0.4, 0.5) is 0 Å². The van der Waals surface area contributed by atoms with Crippen LogP contribution in [0, 0.1) is 5.92 Å². The summed E-state index contributed by atoms with van der Waals surface area (Å²) < 4.78 is 0. The van der Waals surface area contributed by atoms with E-state index in [1.165, 1.54) is 22.7 Å². The Kier molecular flexibility index (Phi) is 2.53. The van der Waals surface area contributed by atoms with Crippen molar-refractivity contribution in [2.24, 2.45) is 5.92 Å². The molecule has 0 heterocycles. The molecule has 1 atom stereocenters. The molecule has 0 amide bonds. The summed E-state index contributed by atoms with van der Waals surface area (Å²) in [6.45, 7) is 2.27. The number of thioether (sulfide) groups is 1. The van der Waals surface area contributed by atoms with Gasteiger partial charge in [-0.2, -0.15) is 0 Å². The maximum Gasteiger partial charge on any atom is -0.00342 e.